The molecule has 0 saturated heterocycles. The van der Waals surface area contributed by atoms with E-state index in [1.165, 1.54) is 12.1 Å². The lowest BCUT2D eigenvalue weighted by Gasteiger charge is -2.16. The average Bonchev–Trinajstić information content (AvgIpc) is 2.67. The molecule has 0 unspecified atom stereocenters. The van der Waals surface area contributed by atoms with Crippen LogP contribution in [0.15, 0.2) is 41.1 Å². The quantitative estimate of drug-likeness (QED) is 0.865. The smallest absolute Gasteiger partial charge is 0.123 e. The van der Waals surface area contributed by atoms with E-state index in [4.69, 9.17) is 0 Å². The van der Waals surface area contributed by atoms with Crippen molar-refractivity contribution in [1.29, 1.82) is 0 Å². The van der Waals surface area contributed by atoms with E-state index in [9.17, 15) is 4.39 Å². The van der Waals surface area contributed by atoms with Gasteiger partial charge in [0.25, 0.3) is 0 Å². The minimum absolute atomic E-state index is 0.201. The number of halogens is 2. The van der Waals surface area contributed by atoms with Crippen molar-refractivity contribution in [3.63, 3.8) is 0 Å². The second-order valence-electron chi connectivity index (χ2n) is 3.98. The summed E-state index contributed by atoms with van der Waals surface area (Å²) in [6, 6.07) is 6.55. The van der Waals surface area contributed by atoms with Crippen molar-refractivity contribution < 1.29 is 4.39 Å². The molecular weight excluding hydrogens is 285 g/mol. The maximum absolute atomic E-state index is 12.7. The molecule has 17 heavy (non-hydrogen) atoms. The van der Waals surface area contributed by atoms with Gasteiger partial charge in [0.15, 0.2) is 0 Å². The molecule has 0 aliphatic heterocycles. The first-order valence-corrected chi connectivity index (χ1v) is 6.04. The normalized spacial score (nSPS) is 11.1. The highest BCUT2D eigenvalue weighted by atomic mass is 79.9. The van der Waals surface area contributed by atoms with Gasteiger partial charge in [0.2, 0.25) is 0 Å². The van der Waals surface area contributed by atoms with Crippen LogP contribution in [0.3, 0.4) is 0 Å². The van der Waals surface area contributed by atoms with Crippen LogP contribution in [0.1, 0.15) is 5.56 Å². The molecule has 0 spiro atoms. The Hall–Kier alpha value is -1.20. The van der Waals surface area contributed by atoms with Crippen LogP contribution < -0.4 is 0 Å². The highest BCUT2D eigenvalue weighted by Crippen LogP contribution is 2.09. The highest BCUT2D eigenvalue weighted by molar-refractivity contribution is 9.10. The molecule has 3 nitrogen and oxygen atoms in total. The summed E-state index contributed by atoms with van der Waals surface area (Å²) in [5, 5.41) is 4.18. The van der Waals surface area contributed by atoms with Crippen LogP contribution in [-0.2, 0) is 13.2 Å². The van der Waals surface area contributed by atoms with Crippen molar-refractivity contribution in [1.82, 2.24) is 14.7 Å². The Kier molecular flexibility index (Phi) is 3.91. The van der Waals surface area contributed by atoms with Gasteiger partial charge in [-0.05, 0) is 40.7 Å². The first-order valence-electron chi connectivity index (χ1n) is 5.24. The van der Waals surface area contributed by atoms with Crippen molar-refractivity contribution >= 4 is 15.9 Å². The van der Waals surface area contributed by atoms with Gasteiger partial charge in [-0.25, -0.2) is 4.39 Å². The summed E-state index contributed by atoms with van der Waals surface area (Å²) in [5.41, 5.74) is 1.08. The van der Waals surface area contributed by atoms with E-state index in [0.29, 0.717) is 6.67 Å². The maximum Gasteiger partial charge on any atom is 0.123 e. The maximum atomic E-state index is 12.7. The van der Waals surface area contributed by atoms with E-state index in [1.54, 1.807) is 18.3 Å². The number of nitrogens with zero attached hydrogens (tertiary/aromatic N) is 3. The summed E-state index contributed by atoms with van der Waals surface area (Å²) < 4.78 is 15.5. The number of rotatable bonds is 4. The monoisotopic (exact) mass is 297 g/mol. The molecule has 0 atom stereocenters. The van der Waals surface area contributed by atoms with Crippen molar-refractivity contribution in [3.05, 3.63) is 52.5 Å². The average molecular weight is 298 g/mol. The Bertz CT molecular complexity index is 481. The minimum Gasteiger partial charge on any atom is -0.283 e. The lowest BCUT2D eigenvalue weighted by atomic mass is 10.2. The summed E-state index contributed by atoms with van der Waals surface area (Å²) in [4.78, 5) is 2.10. The third-order valence-electron chi connectivity index (χ3n) is 2.35. The Morgan fingerprint density at radius 2 is 2.06 bits per heavy atom. The zero-order valence-corrected chi connectivity index (χ0v) is 11.1. The van der Waals surface area contributed by atoms with Gasteiger partial charge in [-0.1, -0.05) is 12.1 Å². The van der Waals surface area contributed by atoms with Crippen LogP contribution in [0.2, 0.25) is 0 Å². The number of hydrogen-bond donors (Lipinski definition) is 0. The predicted octanol–water partition coefficient (Wildman–Crippen LogP) is 2.87. The molecule has 0 aliphatic rings. The Morgan fingerprint density at radius 3 is 2.65 bits per heavy atom. The molecule has 1 aromatic heterocycles. The number of hydrogen-bond acceptors (Lipinski definition) is 2. The fourth-order valence-corrected chi connectivity index (χ4v) is 1.94. The third-order valence-corrected chi connectivity index (χ3v) is 2.76. The molecule has 0 saturated carbocycles. The zero-order valence-electron chi connectivity index (χ0n) is 9.48. The third kappa shape index (κ3) is 3.64. The van der Waals surface area contributed by atoms with Gasteiger partial charge in [0, 0.05) is 12.7 Å². The molecule has 0 amide bonds. The van der Waals surface area contributed by atoms with Crippen LogP contribution >= 0.6 is 15.9 Å². The molecule has 1 heterocycles. The number of aromatic nitrogens is 2. The van der Waals surface area contributed by atoms with Gasteiger partial charge in [0.05, 0.1) is 17.3 Å². The van der Waals surface area contributed by atoms with Gasteiger partial charge in [-0.15, -0.1) is 0 Å². The van der Waals surface area contributed by atoms with E-state index in [1.807, 2.05) is 17.9 Å². The van der Waals surface area contributed by atoms with E-state index in [0.717, 1.165) is 16.6 Å². The summed E-state index contributed by atoms with van der Waals surface area (Å²) in [6.07, 6.45) is 3.67. The fourth-order valence-electron chi connectivity index (χ4n) is 1.61. The second kappa shape index (κ2) is 5.42. The molecule has 0 bridgehead atoms. The van der Waals surface area contributed by atoms with Crippen LogP contribution in [0.5, 0.6) is 0 Å². The summed E-state index contributed by atoms with van der Waals surface area (Å²) in [6.45, 7) is 1.46. The van der Waals surface area contributed by atoms with E-state index in [2.05, 4.69) is 25.9 Å². The molecule has 0 fully saturated rings. The van der Waals surface area contributed by atoms with E-state index < -0.39 is 0 Å². The molecule has 90 valence electrons. The molecule has 0 radical (unpaired) electrons. The van der Waals surface area contributed by atoms with E-state index >= 15 is 0 Å². The van der Waals surface area contributed by atoms with Gasteiger partial charge in [0.1, 0.15) is 5.82 Å². The first-order chi connectivity index (χ1) is 8.13. The Morgan fingerprint density at radius 1 is 1.35 bits per heavy atom. The predicted molar refractivity (Wildman–Crippen MR) is 67.8 cm³/mol. The van der Waals surface area contributed by atoms with Crippen molar-refractivity contribution in [2.24, 2.45) is 0 Å². The minimum atomic E-state index is -0.201. The Labute approximate surface area is 108 Å². The largest absolute Gasteiger partial charge is 0.283 e. The topological polar surface area (TPSA) is 21.1 Å². The number of benzene rings is 1. The standard InChI is InChI=1S/C12H13BrFN3/c1-16(9-17-8-11(13)6-15-17)7-10-2-4-12(14)5-3-10/h2-6,8H,7,9H2,1H3. The SMILES string of the molecule is CN(Cc1ccc(F)cc1)Cn1cc(Br)cn1. The lowest BCUT2D eigenvalue weighted by Crippen LogP contribution is -2.21. The Balaban J connectivity index is 1.93. The van der Waals surface area contributed by atoms with Gasteiger partial charge in [-0.3, -0.25) is 9.58 Å². The molecule has 5 heteroatoms. The first kappa shape index (κ1) is 12.3. The zero-order chi connectivity index (χ0) is 12.3. The summed E-state index contributed by atoms with van der Waals surface area (Å²) >= 11 is 3.35. The van der Waals surface area contributed by atoms with Gasteiger partial charge >= 0.3 is 0 Å². The summed E-state index contributed by atoms with van der Waals surface area (Å²) in [5.74, 6) is -0.201. The molecule has 2 aromatic rings. The summed E-state index contributed by atoms with van der Waals surface area (Å²) in [7, 11) is 2.00. The van der Waals surface area contributed by atoms with Crippen molar-refractivity contribution in [2.75, 3.05) is 7.05 Å². The fraction of sp³-hybridized carbons (Fsp3) is 0.250. The van der Waals surface area contributed by atoms with Crippen LogP contribution in [0.25, 0.3) is 0 Å². The van der Waals surface area contributed by atoms with Crippen molar-refractivity contribution in [2.45, 2.75) is 13.2 Å². The molecule has 0 N–H and O–H groups in total. The van der Waals surface area contributed by atoms with Gasteiger partial charge < -0.3 is 0 Å². The van der Waals surface area contributed by atoms with Crippen LogP contribution in [0, 0.1) is 5.82 Å². The molecule has 1 aromatic carbocycles. The van der Waals surface area contributed by atoms with Gasteiger partial charge in [-0.2, -0.15) is 5.10 Å². The lowest BCUT2D eigenvalue weighted by molar-refractivity contribution is 0.246. The van der Waals surface area contributed by atoms with Crippen LogP contribution in [0.4, 0.5) is 4.39 Å². The molecular formula is C12H13BrFN3. The molecule has 2 rings (SSSR count). The van der Waals surface area contributed by atoms with Crippen molar-refractivity contribution in [3.8, 4) is 0 Å². The highest BCUT2D eigenvalue weighted by Gasteiger charge is 2.02. The van der Waals surface area contributed by atoms with E-state index in [-0.39, 0.29) is 5.82 Å². The second-order valence-corrected chi connectivity index (χ2v) is 4.90. The molecule has 0 aliphatic carbocycles. The van der Waals surface area contributed by atoms with Crippen LogP contribution in [-0.4, -0.2) is 21.7 Å².